The molecule has 3 N–H and O–H groups in total. The van der Waals surface area contributed by atoms with Gasteiger partial charge in [-0.25, -0.2) is 8.78 Å². The quantitative estimate of drug-likeness (QED) is 0.750. The van der Waals surface area contributed by atoms with E-state index in [1.54, 1.807) is 6.92 Å². The maximum atomic E-state index is 13.9. The van der Waals surface area contributed by atoms with Gasteiger partial charge in [0, 0.05) is 30.6 Å². The molecular weight excluding hydrogens is 338 g/mol. The Kier molecular flexibility index (Phi) is 6.24. The molecule has 1 aliphatic carbocycles. The summed E-state index contributed by atoms with van der Waals surface area (Å²) in [7, 11) is 0. The van der Waals surface area contributed by atoms with Crippen molar-refractivity contribution in [3.8, 4) is 0 Å². The van der Waals surface area contributed by atoms with E-state index >= 15 is 0 Å². The second-order valence-corrected chi connectivity index (χ2v) is 7.79. The minimum atomic E-state index is -1.04. The zero-order valence-electron chi connectivity index (χ0n) is 15.2. The molecule has 26 heavy (non-hydrogen) atoms. The van der Waals surface area contributed by atoms with Gasteiger partial charge in [-0.05, 0) is 56.9 Å². The van der Waals surface area contributed by atoms with Crippen LogP contribution in [0.15, 0.2) is 18.2 Å². The Balaban J connectivity index is 1.48. The highest BCUT2D eigenvalue weighted by molar-refractivity contribution is 5.73. The SMILES string of the molecule is CC(=O)NC1CCC(C[C@@H]2CC[C@H]([C@H](O)c3cccc(F)c3F)N2)CC1. The minimum Gasteiger partial charge on any atom is -0.387 e. The molecule has 0 bridgehead atoms. The second-order valence-electron chi connectivity index (χ2n) is 7.79. The lowest BCUT2D eigenvalue weighted by molar-refractivity contribution is -0.119. The van der Waals surface area contributed by atoms with E-state index in [0.29, 0.717) is 18.0 Å². The molecule has 4 nitrogen and oxygen atoms in total. The van der Waals surface area contributed by atoms with Gasteiger partial charge < -0.3 is 15.7 Å². The first-order valence-corrected chi connectivity index (χ1v) is 9.59. The molecule has 2 fully saturated rings. The summed E-state index contributed by atoms with van der Waals surface area (Å²) in [6.07, 6.45) is 5.89. The van der Waals surface area contributed by atoms with Crippen LogP contribution < -0.4 is 10.6 Å². The summed E-state index contributed by atoms with van der Waals surface area (Å²) < 4.78 is 27.3. The average molecular weight is 366 g/mol. The molecule has 1 saturated heterocycles. The van der Waals surface area contributed by atoms with E-state index < -0.39 is 17.7 Å². The molecule has 2 aliphatic rings. The predicted octanol–water partition coefficient (Wildman–Crippen LogP) is 3.20. The van der Waals surface area contributed by atoms with Crippen LogP contribution in [0.3, 0.4) is 0 Å². The Labute approximate surface area is 153 Å². The van der Waals surface area contributed by atoms with Crippen molar-refractivity contribution in [3.63, 3.8) is 0 Å². The molecule has 1 aliphatic heterocycles. The molecule has 1 amide bonds. The Bertz CT molecular complexity index is 632. The molecule has 1 saturated carbocycles. The van der Waals surface area contributed by atoms with Crippen LogP contribution in [0, 0.1) is 17.6 Å². The Hall–Kier alpha value is -1.53. The van der Waals surface area contributed by atoms with E-state index in [9.17, 15) is 18.7 Å². The van der Waals surface area contributed by atoms with Gasteiger partial charge in [-0.15, -0.1) is 0 Å². The molecule has 1 heterocycles. The van der Waals surface area contributed by atoms with E-state index in [1.807, 2.05) is 0 Å². The molecule has 3 rings (SSSR count). The van der Waals surface area contributed by atoms with Gasteiger partial charge in [0.25, 0.3) is 0 Å². The van der Waals surface area contributed by atoms with Crippen molar-refractivity contribution >= 4 is 5.91 Å². The summed E-state index contributed by atoms with van der Waals surface area (Å²) >= 11 is 0. The molecule has 0 radical (unpaired) electrons. The van der Waals surface area contributed by atoms with Crippen molar-refractivity contribution in [1.82, 2.24) is 10.6 Å². The molecule has 144 valence electrons. The number of carbonyl (C=O) groups is 1. The third-order valence-corrected chi connectivity index (χ3v) is 5.83. The Morgan fingerprint density at radius 1 is 1.23 bits per heavy atom. The number of halogens is 2. The molecular formula is C20H28F2N2O2. The summed E-state index contributed by atoms with van der Waals surface area (Å²) in [5.41, 5.74) is 0.0268. The molecule has 1 aromatic rings. The summed E-state index contributed by atoms with van der Waals surface area (Å²) in [5, 5.41) is 16.9. The van der Waals surface area contributed by atoms with Crippen LogP contribution in [-0.4, -0.2) is 29.1 Å². The molecule has 6 heteroatoms. The molecule has 1 aromatic carbocycles. The van der Waals surface area contributed by atoms with Gasteiger partial charge >= 0.3 is 0 Å². The summed E-state index contributed by atoms with van der Waals surface area (Å²) in [5.74, 6) is -1.24. The first kappa shape index (κ1) is 19.2. The Morgan fingerprint density at radius 2 is 1.96 bits per heavy atom. The zero-order valence-corrected chi connectivity index (χ0v) is 15.2. The first-order valence-electron chi connectivity index (χ1n) is 9.59. The van der Waals surface area contributed by atoms with Crippen molar-refractivity contribution in [3.05, 3.63) is 35.4 Å². The van der Waals surface area contributed by atoms with E-state index in [1.165, 1.54) is 12.1 Å². The maximum absolute atomic E-state index is 13.9. The number of hydrogen-bond acceptors (Lipinski definition) is 3. The predicted molar refractivity (Wildman–Crippen MR) is 95.4 cm³/mol. The lowest BCUT2D eigenvalue weighted by Crippen LogP contribution is -2.38. The first-order chi connectivity index (χ1) is 12.4. The van der Waals surface area contributed by atoms with E-state index in [0.717, 1.165) is 51.0 Å². The molecule has 0 unspecified atom stereocenters. The summed E-state index contributed by atoms with van der Waals surface area (Å²) in [6.45, 7) is 1.56. The van der Waals surface area contributed by atoms with Crippen molar-refractivity contribution in [2.75, 3.05) is 0 Å². The van der Waals surface area contributed by atoms with Crippen LogP contribution in [0.4, 0.5) is 8.78 Å². The smallest absolute Gasteiger partial charge is 0.217 e. The van der Waals surface area contributed by atoms with Crippen molar-refractivity contribution in [1.29, 1.82) is 0 Å². The normalized spacial score (nSPS) is 30.2. The van der Waals surface area contributed by atoms with Crippen LogP contribution in [0.5, 0.6) is 0 Å². The van der Waals surface area contributed by atoms with Gasteiger partial charge in [-0.3, -0.25) is 4.79 Å². The fourth-order valence-corrected chi connectivity index (χ4v) is 4.48. The lowest BCUT2D eigenvalue weighted by atomic mass is 9.82. The van der Waals surface area contributed by atoms with Crippen LogP contribution in [0.2, 0.25) is 0 Å². The monoisotopic (exact) mass is 366 g/mol. The van der Waals surface area contributed by atoms with Gasteiger partial charge in [0.1, 0.15) is 0 Å². The van der Waals surface area contributed by atoms with E-state index in [2.05, 4.69) is 10.6 Å². The number of hydrogen-bond donors (Lipinski definition) is 3. The van der Waals surface area contributed by atoms with Crippen LogP contribution in [0.1, 0.15) is 63.5 Å². The number of nitrogens with one attached hydrogen (secondary N) is 2. The third-order valence-electron chi connectivity index (χ3n) is 5.83. The van der Waals surface area contributed by atoms with Gasteiger partial charge in [0.2, 0.25) is 5.91 Å². The number of aliphatic hydroxyl groups excluding tert-OH is 1. The van der Waals surface area contributed by atoms with Crippen molar-refractivity contribution < 1.29 is 18.7 Å². The fraction of sp³-hybridized carbons (Fsp3) is 0.650. The zero-order chi connectivity index (χ0) is 18.7. The number of aliphatic hydroxyl groups is 1. The van der Waals surface area contributed by atoms with Crippen LogP contribution in [0.25, 0.3) is 0 Å². The summed E-state index contributed by atoms with van der Waals surface area (Å²) in [4.78, 5) is 11.1. The highest BCUT2D eigenvalue weighted by atomic mass is 19.2. The third kappa shape index (κ3) is 4.60. The molecule has 3 atom stereocenters. The Morgan fingerprint density at radius 3 is 2.65 bits per heavy atom. The van der Waals surface area contributed by atoms with E-state index in [-0.39, 0.29) is 17.5 Å². The van der Waals surface area contributed by atoms with Crippen molar-refractivity contribution in [2.24, 2.45) is 5.92 Å². The fourth-order valence-electron chi connectivity index (χ4n) is 4.48. The van der Waals surface area contributed by atoms with E-state index in [4.69, 9.17) is 0 Å². The standard InChI is InChI=1S/C20H28F2N2O2/c1-12(25)23-14-7-5-13(6-8-14)11-15-9-10-18(24-15)20(26)16-3-2-4-17(21)19(16)22/h2-4,13-15,18,20,24,26H,5-11H2,1H3,(H,23,25)/t13?,14?,15-,18+,20+/m0/s1. The van der Waals surface area contributed by atoms with Gasteiger partial charge in [0.05, 0.1) is 6.10 Å². The largest absolute Gasteiger partial charge is 0.387 e. The average Bonchev–Trinajstić information content (AvgIpc) is 3.06. The summed E-state index contributed by atoms with van der Waals surface area (Å²) in [6, 6.07) is 4.29. The lowest BCUT2D eigenvalue weighted by Gasteiger charge is -2.30. The molecule has 0 spiro atoms. The van der Waals surface area contributed by atoms with Crippen molar-refractivity contribution in [2.45, 2.75) is 76.1 Å². The van der Waals surface area contributed by atoms with Crippen LogP contribution >= 0.6 is 0 Å². The topological polar surface area (TPSA) is 61.4 Å². The minimum absolute atomic E-state index is 0.0268. The van der Waals surface area contributed by atoms with Gasteiger partial charge in [0.15, 0.2) is 11.6 Å². The number of rotatable bonds is 5. The number of benzene rings is 1. The highest BCUT2D eigenvalue weighted by Crippen LogP contribution is 2.33. The number of amides is 1. The van der Waals surface area contributed by atoms with Gasteiger partial charge in [-0.1, -0.05) is 12.1 Å². The highest BCUT2D eigenvalue weighted by Gasteiger charge is 2.33. The molecule has 0 aromatic heterocycles. The van der Waals surface area contributed by atoms with Gasteiger partial charge in [-0.2, -0.15) is 0 Å². The maximum Gasteiger partial charge on any atom is 0.217 e. The van der Waals surface area contributed by atoms with Crippen LogP contribution in [-0.2, 0) is 4.79 Å². The second kappa shape index (κ2) is 8.44. The number of carbonyl (C=O) groups excluding carboxylic acids is 1.